The predicted octanol–water partition coefficient (Wildman–Crippen LogP) is 8.34. The Balaban J connectivity index is 1.13. The number of hydrogen-bond acceptors (Lipinski definition) is 3. The quantitative estimate of drug-likeness (QED) is 0.274. The zero-order valence-corrected chi connectivity index (χ0v) is 26.1. The molecule has 5 heteroatoms. The molecule has 3 fully saturated rings. The van der Waals surface area contributed by atoms with Crippen molar-refractivity contribution < 1.29 is 19.4 Å². The van der Waals surface area contributed by atoms with Crippen molar-refractivity contribution >= 4 is 5.91 Å². The highest BCUT2D eigenvalue weighted by molar-refractivity contribution is 5.76. The van der Waals surface area contributed by atoms with Crippen molar-refractivity contribution in [3.05, 3.63) is 65.2 Å². The van der Waals surface area contributed by atoms with Gasteiger partial charge in [0.1, 0.15) is 11.9 Å². The van der Waals surface area contributed by atoms with Crippen LogP contribution in [0.5, 0.6) is 5.75 Å². The molecule has 0 radical (unpaired) electrons. The summed E-state index contributed by atoms with van der Waals surface area (Å²) in [4.78, 5) is 15.6. The van der Waals surface area contributed by atoms with E-state index in [1.165, 1.54) is 37.7 Å². The maximum atomic E-state index is 16.1. The minimum atomic E-state index is -0.978. The smallest absolute Gasteiger partial charge is 0.222 e. The number of nitrogens with zero attached hydrogens (tertiary/aromatic N) is 1. The molecule has 4 nitrogen and oxygen atoms in total. The summed E-state index contributed by atoms with van der Waals surface area (Å²) >= 11 is 0. The molecule has 0 heterocycles. The van der Waals surface area contributed by atoms with Gasteiger partial charge in [-0.25, -0.2) is 4.39 Å². The third kappa shape index (κ3) is 6.53. The second kappa shape index (κ2) is 13.3. The van der Waals surface area contributed by atoms with E-state index in [1.807, 2.05) is 30.3 Å². The summed E-state index contributed by atoms with van der Waals surface area (Å²) in [6, 6.07) is 15.9. The fraction of sp³-hybridized carbons (Fsp3) is 0.658. The lowest BCUT2D eigenvalue weighted by atomic mass is 9.51. The number of unbranched alkanes of at least 4 members (excludes halogenated alkanes) is 1. The van der Waals surface area contributed by atoms with E-state index in [0.717, 1.165) is 62.6 Å². The number of phenolic OH excluding ortho intramolecular Hbond substituents is 1. The lowest BCUT2D eigenvalue weighted by molar-refractivity contribution is -0.132. The first kappa shape index (κ1) is 30.6. The number of rotatable bonds is 10. The van der Waals surface area contributed by atoms with E-state index in [9.17, 15) is 15.0 Å². The minimum absolute atomic E-state index is 0.159. The lowest BCUT2D eigenvalue weighted by Gasteiger charge is -2.54. The normalized spacial score (nSPS) is 32.1. The van der Waals surface area contributed by atoms with Gasteiger partial charge >= 0.3 is 0 Å². The van der Waals surface area contributed by atoms with Gasteiger partial charge in [-0.1, -0.05) is 81.8 Å². The summed E-state index contributed by atoms with van der Waals surface area (Å²) in [5.74, 6) is 1.92. The van der Waals surface area contributed by atoms with Gasteiger partial charge in [0.15, 0.2) is 0 Å². The molecule has 2 aromatic carbocycles. The van der Waals surface area contributed by atoms with Gasteiger partial charge in [-0.15, -0.1) is 0 Å². The summed E-state index contributed by atoms with van der Waals surface area (Å²) in [5.41, 5.74) is 2.99. The number of aliphatic hydroxyl groups excluding tert-OH is 1. The van der Waals surface area contributed by atoms with Crippen LogP contribution in [0.25, 0.3) is 0 Å². The van der Waals surface area contributed by atoms with Crippen molar-refractivity contribution in [2.24, 2.45) is 29.1 Å². The average Bonchev–Trinajstić information content (AvgIpc) is 3.31. The zero-order chi connectivity index (χ0) is 30.0. The summed E-state index contributed by atoms with van der Waals surface area (Å²) in [6.45, 7) is 3.54. The number of benzene rings is 2. The number of phenols is 1. The Morgan fingerprint density at radius 3 is 2.58 bits per heavy atom. The van der Waals surface area contributed by atoms with Crippen LogP contribution in [-0.2, 0) is 17.8 Å². The van der Waals surface area contributed by atoms with Crippen LogP contribution in [0.1, 0.15) is 113 Å². The first-order valence-electron chi connectivity index (χ1n) is 17.3. The van der Waals surface area contributed by atoms with Crippen molar-refractivity contribution in [1.82, 2.24) is 4.90 Å². The van der Waals surface area contributed by atoms with E-state index in [-0.39, 0.29) is 28.9 Å². The largest absolute Gasteiger partial charge is 0.508 e. The fourth-order valence-corrected chi connectivity index (χ4v) is 9.80. The molecular weight excluding hydrogens is 537 g/mol. The summed E-state index contributed by atoms with van der Waals surface area (Å²) < 4.78 is 16.1. The number of aromatic hydroxyl groups is 1. The molecule has 3 saturated carbocycles. The molecule has 6 rings (SSSR count). The molecular formula is C38H52FNO3. The molecule has 0 aromatic heterocycles. The number of carbonyl (C=O) groups is 1. The van der Waals surface area contributed by atoms with Crippen molar-refractivity contribution in [2.45, 2.75) is 122 Å². The number of hydrogen-bond donors (Lipinski definition) is 2. The molecule has 4 aliphatic rings. The lowest BCUT2D eigenvalue weighted by Crippen LogP contribution is -2.51. The Labute approximate surface area is 258 Å². The van der Waals surface area contributed by atoms with Crippen molar-refractivity contribution in [3.63, 3.8) is 0 Å². The molecule has 234 valence electrons. The molecule has 5 unspecified atom stereocenters. The number of halogens is 1. The van der Waals surface area contributed by atoms with Crippen LogP contribution in [0.2, 0.25) is 0 Å². The number of amides is 1. The van der Waals surface area contributed by atoms with Gasteiger partial charge in [-0.2, -0.15) is 0 Å². The molecule has 43 heavy (non-hydrogen) atoms. The highest BCUT2D eigenvalue weighted by Crippen LogP contribution is 2.63. The van der Waals surface area contributed by atoms with Crippen molar-refractivity contribution in [3.8, 4) is 5.75 Å². The van der Waals surface area contributed by atoms with Crippen LogP contribution >= 0.6 is 0 Å². The Kier molecular flexibility index (Phi) is 9.47. The van der Waals surface area contributed by atoms with Gasteiger partial charge in [-0.05, 0) is 103 Å². The second-order valence-electron chi connectivity index (χ2n) is 14.7. The SMILES string of the molecule is CC12C[C@H](F)C3c4ccc(O)cc4CC(CCCCN(Cc4ccccc4)C(=O)CCC4CCCCC4)C3C1CC[C@@H]2O. The van der Waals surface area contributed by atoms with E-state index in [2.05, 4.69) is 24.0 Å². The number of alkyl halides is 1. The van der Waals surface area contributed by atoms with E-state index in [0.29, 0.717) is 37.1 Å². The van der Waals surface area contributed by atoms with E-state index in [1.54, 1.807) is 6.07 Å². The fourth-order valence-electron chi connectivity index (χ4n) is 9.80. The highest BCUT2D eigenvalue weighted by Gasteiger charge is 2.59. The van der Waals surface area contributed by atoms with Crippen LogP contribution < -0.4 is 0 Å². The Hall–Kier alpha value is -2.40. The van der Waals surface area contributed by atoms with E-state index >= 15 is 4.39 Å². The first-order valence-corrected chi connectivity index (χ1v) is 17.3. The number of aliphatic hydroxyl groups is 1. The number of carbonyl (C=O) groups excluding carboxylic acids is 1. The number of fused-ring (bicyclic) bond motifs is 5. The zero-order valence-electron chi connectivity index (χ0n) is 26.1. The third-order valence-corrected chi connectivity index (χ3v) is 12.1. The molecule has 4 aliphatic carbocycles. The van der Waals surface area contributed by atoms with Crippen LogP contribution in [0.4, 0.5) is 4.39 Å². The average molecular weight is 590 g/mol. The first-order chi connectivity index (χ1) is 20.8. The summed E-state index contributed by atoms with van der Waals surface area (Å²) in [7, 11) is 0. The van der Waals surface area contributed by atoms with Crippen LogP contribution in [0, 0.1) is 29.1 Å². The predicted molar refractivity (Wildman–Crippen MR) is 169 cm³/mol. The summed E-state index contributed by atoms with van der Waals surface area (Å²) in [5, 5.41) is 21.2. The molecule has 2 N–H and O–H groups in total. The molecule has 0 aliphatic heterocycles. The third-order valence-electron chi connectivity index (χ3n) is 12.1. The van der Waals surface area contributed by atoms with Crippen LogP contribution in [0.3, 0.4) is 0 Å². The maximum Gasteiger partial charge on any atom is 0.222 e. The van der Waals surface area contributed by atoms with E-state index in [4.69, 9.17) is 0 Å². The molecule has 0 spiro atoms. The molecule has 1 amide bonds. The summed E-state index contributed by atoms with van der Waals surface area (Å²) in [6.07, 6.45) is 12.7. The van der Waals surface area contributed by atoms with Gasteiger partial charge in [0.05, 0.1) is 6.10 Å². The maximum absolute atomic E-state index is 16.1. The van der Waals surface area contributed by atoms with Gasteiger partial charge in [-0.3, -0.25) is 4.79 Å². The highest BCUT2D eigenvalue weighted by atomic mass is 19.1. The molecule has 0 saturated heterocycles. The standard InChI is InChI=1S/C38H52FNO3/c1-38-24-33(39)37-31-17-16-30(41)23-29(31)22-28(36(37)32(38)18-19-34(38)42)14-8-9-21-40(25-27-12-6-3-7-13-27)35(43)20-15-26-10-4-2-5-11-26/h3,6-7,12-13,16-17,23,26,28,32-34,36-37,41-42H,2,4-5,8-11,14-15,18-22,24-25H2,1H3/t28?,32?,33-,34-,36?,37?,38?/m0/s1. The Morgan fingerprint density at radius 2 is 1.79 bits per heavy atom. The van der Waals surface area contributed by atoms with Crippen molar-refractivity contribution in [2.75, 3.05) is 6.54 Å². The van der Waals surface area contributed by atoms with Crippen LogP contribution in [-0.4, -0.2) is 39.8 Å². The molecule has 2 aromatic rings. The van der Waals surface area contributed by atoms with Gasteiger partial charge in [0, 0.05) is 25.4 Å². The Bertz CT molecular complexity index is 1230. The van der Waals surface area contributed by atoms with E-state index < -0.39 is 12.3 Å². The van der Waals surface area contributed by atoms with Gasteiger partial charge < -0.3 is 15.1 Å². The Morgan fingerprint density at radius 1 is 1.00 bits per heavy atom. The molecule has 0 bridgehead atoms. The monoisotopic (exact) mass is 589 g/mol. The van der Waals surface area contributed by atoms with Gasteiger partial charge in [0.2, 0.25) is 5.91 Å². The molecule has 7 atom stereocenters. The topological polar surface area (TPSA) is 60.8 Å². The van der Waals surface area contributed by atoms with Crippen LogP contribution in [0.15, 0.2) is 48.5 Å². The van der Waals surface area contributed by atoms with Crippen molar-refractivity contribution in [1.29, 1.82) is 0 Å². The second-order valence-corrected chi connectivity index (χ2v) is 14.7. The van der Waals surface area contributed by atoms with Gasteiger partial charge in [0.25, 0.3) is 0 Å². The minimum Gasteiger partial charge on any atom is -0.508 e.